The molecule has 0 saturated heterocycles. The second kappa shape index (κ2) is 9.87. The number of hydrogen-bond acceptors (Lipinski definition) is 4. The molecule has 0 spiro atoms. The van der Waals surface area contributed by atoms with E-state index in [1.807, 2.05) is 41.8 Å². The second-order valence-corrected chi connectivity index (χ2v) is 8.19. The van der Waals surface area contributed by atoms with E-state index in [1.165, 1.54) is 17.4 Å². The fraction of sp³-hybridized carbons (Fsp3) is 0.0909. The van der Waals surface area contributed by atoms with Gasteiger partial charge in [-0.05, 0) is 48.4 Å². The molecule has 0 fully saturated rings. The summed E-state index contributed by atoms with van der Waals surface area (Å²) in [5, 5.41) is 5.66. The number of amides is 1. The van der Waals surface area contributed by atoms with Crippen molar-refractivity contribution in [2.75, 3.05) is 11.9 Å². The van der Waals surface area contributed by atoms with Gasteiger partial charge in [-0.1, -0.05) is 51.8 Å². The number of hydrogen-bond donors (Lipinski definition) is 1. The average Bonchev–Trinajstić information content (AvgIpc) is 3.12. The third-order valence-corrected chi connectivity index (χ3v) is 5.64. The Hall–Kier alpha value is -2.41. The number of ether oxygens (including phenoxy) is 1. The van der Waals surface area contributed by atoms with Crippen molar-refractivity contribution in [3.63, 3.8) is 0 Å². The Kier molecular flexibility index (Phi) is 7.25. The lowest BCUT2D eigenvalue weighted by Crippen LogP contribution is -2.12. The van der Waals surface area contributed by atoms with Crippen molar-refractivity contribution in [3.8, 4) is 11.1 Å². The van der Waals surface area contributed by atoms with Gasteiger partial charge in [-0.2, -0.15) is 0 Å². The van der Waals surface area contributed by atoms with Crippen LogP contribution in [0.1, 0.15) is 22.8 Å². The molecule has 4 nitrogen and oxygen atoms in total. The molecule has 1 aromatic heterocycles. The molecule has 0 bridgehead atoms. The zero-order valence-corrected chi connectivity index (χ0v) is 18.6. The van der Waals surface area contributed by atoms with E-state index >= 15 is 0 Å². The average molecular weight is 491 g/mol. The molecule has 0 aliphatic heterocycles. The maximum absolute atomic E-state index is 12.6. The number of esters is 1. The highest BCUT2D eigenvalue weighted by Crippen LogP contribution is 2.36. The molecular formula is C22H17BrClNO3S. The molecular weight excluding hydrogens is 474 g/mol. The van der Waals surface area contributed by atoms with Crippen molar-refractivity contribution in [2.45, 2.75) is 6.92 Å². The van der Waals surface area contributed by atoms with Crippen molar-refractivity contribution in [1.29, 1.82) is 0 Å². The highest BCUT2D eigenvalue weighted by Gasteiger charge is 2.22. The molecule has 0 atom stereocenters. The molecule has 1 N–H and O–H groups in total. The van der Waals surface area contributed by atoms with Gasteiger partial charge in [-0.3, -0.25) is 4.79 Å². The van der Waals surface area contributed by atoms with Crippen molar-refractivity contribution in [2.24, 2.45) is 0 Å². The number of carbonyl (C=O) groups excluding carboxylic acids is 2. The Morgan fingerprint density at radius 3 is 2.48 bits per heavy atom. The van der Waals surface area contributed by atoms with Crippen LogP contribution in [0.2, 0.25) is 5.02 Å². The molecule has 3 aromatic rings. The predicted octanol–water partition coefficient (Wildman–Crippen LogP) is 6.66. The van der Waals surface area contributed by atoms with Crippen molar-refractivity contribution in [3.05, 3.63) is 80.6 Å². The summed E-state index contributed by atoms with van der Waals surface area (Å²) in [4.78, 5) is 25.0. The van der Waals surface area contributed by atoms with E-state index in [4.69, 9.17) is 16.3 Å². The van der Waals surface area contributed by atoms with Crippen LogP contribution < -0.4 is 5.32 Å². The summed E-state index contributed by atoms with van der Waals surface area (Å²) in [6.07, 6.45) is 3.14. The highest BCUT2D eigenvalue weighted by molar-refractivity contribution is 9.10. The Morgan fingerprint density at radius 1 is 1.14 bits per heavy atom. The monoisotopic (exact) mass is 489 g/mol. The third-order valence-electron chi connectivity index (χ3n) is 3.96. The van der Waals surface area contributed by atoms with E-state index in [-0.39, 0.29) is 12.5 Å². The molecule has 3 rings (SSSR count). The highest BCUT2D eigenvalue weighted by atomic mass is 79.9. The van der Waals surface area contributed by atoms with Gasteiger partial charge in [0.15, 0.2) is 0 Å². The van der Waals surface area contributed by atoms with Gasteiger partial charge in [-0.25, -0.2) is 4.79 Å². The summed E-state index contributed by atoms with van der Waals surface area (Å²) >= 11 is 10.6. The number of nitrogens with one attached hydrogen (secondary N) is 1. The molecule has 29 heavy (non-hydrogen) atoms. The minimum Gasteiger partial charge on any atom is -0.462 e. The fourth-order valence-electron chi connectivity index (χ4n) is 2.60. The van der Waals surface area contributed by atoms with Gasteiger partial charge in [0.1, 0.15) is 10.6 Å². The van der Waals surface area contributed by atoms with Crippen LogP contribution in [0, 0.1) is 0 Å². The first kappa shape index (κ1) is 21.3. The summed E-state index contributed by atoms with van der Waals surface area (Å²) in [7, 11) is 0. The van der Waals surface area contributed by atoms with Gasteiger partial charge in [-0.15, -0.1) is 11.3 Å². The Balaban J connectivity index is 1.86. The molecule has 1 heterocycles. The van der Waals surface area contributed by atoms with Crippen LogP contribution in [0.15, 0.2) is 64.5 Å². The van der Waals surface area contributed by atoms with Gasteiger partial charge in [0.25, 0.3) is 0 Å². The maximum Gasteiger partial charge on any atom is 0.341 e. The zero-order chi connectivity index (χ0) is 20.8. The number of carbonyl (C=O) groups is 2. The first-order chi connectivity index (χ1) is 14.0. The molecule has 7 heteroatoms. The fourth-order valence-corrected chi connectivity index (χ4v) is 3.95. The minimum absolute atomic E-state index is 0.242. The van der Waals surface area contributed by atoms with Crippen molar-refractivity contribution < 1.29 is 14.3 Å². The Morgan fingerprint density at radius 2 is 1.83 bits per heavy atom. The molecule has 0 saturated carbocycles. The zero-order valence-electron chi connectivity index (χ0n) is 15.4. The number of thiophene rings is 1. The molecule has 2 aromatic carbocycles. The first-order valence-electron chi connectivity index (χ1n) is 8.77. The summed E-state index contributed by atoms with van der Waals surface area (Å²) in [5.41, 5.74) is 2.74. The summed E-state index contributed by atoms with van der Waals surface area (Å²) < 4.78 is 6.17. The SMILES string of the molecule is CCOC(=O)c1c(-c2ccc(Cl)cc2)csc1NC(=O)/C=C/c1ccc(Br)cc1. The van der Waals surface area contributed by atoms with Crippen LogP contribution in [-0.2, 0) is 9.53 Å². The minimum atomic E-state index is -0.481. The van der Waals surface area contributed by atoms with E-state index in [0.29, 0.717) is 21.2 Å². The van der Waals surface area contributed by atoms with Crippen molar-refractivity contribution >= 4 is 61.8 Å². The number of rotatable bonds is 6. The summed E-state index contributed by atoms with van der Waals surface area (Å²) in [5.74, 6) is -0.811. The van der Waals surface area contributed by atoms with Crippen LogP contribution in [0.5, 0.6) is 0 Å². The van der Waals surface area contributed by atoms with Gasteiger partial charge < -0.3 is 10.1 Å². The first-order valence-corrected chi connectivity index (χ1v) is 10.8. The van der Waals surface area contributed by atoms with E-state index in [2.05, 4.69) is 21.2 Å². The standard InChI is InChI=1S/C22H17BrClNO3S/c1-2-28-22(27)20-18(15-6-10-17(24)11-7-15)13-29-21(20)25-19(26)12-5-14-3-8-16(23)9-4-14/h3-13H,2H2,1H3,(H,25,26)/b12-5+. The van der Waals surface area contributed by atoms with Crippen LogP contribution in [0.25, 0.3) is 17.2 Å². The predicted molar refractivity (Wildman–Crippen MR) is 123 cm³/mol. The quantitative estimate of drug-likeness (QED) is 0.310. The second-order valence-electron chi connectivity index (χ2n) is 5.96. The van der Waals surface area contributed by atoms with Crippen LogP contribution in [0.3, 0.4) is 0 Å². The van der Waals surface area contributed by atoms with Gasteiger partial charge in [0.05, 0.1) is 6.61 Å². The van der Waals surface area contributed by atoms with Gasteiger partial charge in [0, 0.05) is 26.5 Å². The van der Waals surface area contributed by atoms with Crippen molar-refractivity contribution in [1.82, 2.24) is 0 Å². The maximum atomic E-state index is 12.6. The Bertz CT molecular complexity index is 1040. The number of anilines is 1. The van der Waals surface area contributed by atoms with Crippen LogP contribution >= 0.6 is 38.9 Å². The van der Waals surface area contributed by atoms with E-state index in [0.717, 1.165) is 15.6 Å². The smallest absolute Gasteiger partial charge is 0.341 e. The molecule has 0 aliphatic rings. The van der Waals surface area contributed by atoms with E-state index < -0.39 is 5.97 Å². The third kappa shape index (κ3) is 5.56. The normalized spacial score (nSPS) is 10.9. The number of benzene rings is 2. The largest absolute Gasteiger partial charge is 0.462 e. The number of halogens is 2. The lowest BCUT2D eigenvalue weighted by atomic mass is 10.0. The molecule has 1 amide bonds. The molecule has 0 aliphatic carbocycles. The summed E-state index contributed by atoms with van der Waals surface area (Å²) in [6, 6.07) is 14.7. The van der Waals surface area contributed by atoms with E-state index in [9.17, 15) is 9.59 Å². The molecule has 148 valence electrons. The van der Waals surface area contributed by atoms with Gasteiger partial charge >= 0.3 is 5.97 Å². The molecule has 0 radical (unpaired) electrons. The lowest BCUT2D eigenvalue weighted by Gasteiger charge is -2.08. The Labute approximate surface area is 186 Å². The van der Waals surface area contributed by atoms with Crippen LogP contribution in [-0.4, -0.2) is 18.5 Å². The lowest BCUT2D eigenvalue weighted by molar-refractivity contribution is -0.111. The van der Waals surface area contributed by atoms with Crippen LogP contribution in [0.4, 0.5) is 5.00 Å². The topological polar surface area (TPSA) is 55.4 Å². The molecule has 0 unspecified atom stereocenters. The van der Waals surface area contributed by atoms with Gasteiger partial charge in [0.2, 0.25) is 5.91 Å². The van der Waals surface area contributed by atoms with E-state index in [1.54, 1.807) is 25.1 Å². The summed E-state index contributed by atoms with van der Waals surface area (Å²) in [6.45, 7) is 1.98.